The molecule has 0 N–H and O–H groups in total. The standard InChI is InChI=1S/C22H22N2O/c25-22-15-14-21(23-24(22)16-17-6-2-1-3-7-17)20-12-10-19(11-13-20)18-8-4-5-9-18/h1-3,6-7,10-15,18H,4-5,8-9,16H2. The van der Waals surface area contributed by atoms with Crippen molar-refractivity contribution >= 4 is 0 Å². The molecule has 0 bridgehead atoms. The molecule has 0 spiro atoms. The third-order valence-corrected chi connectivity index (χ3v) is 5.07. The first-order valence-corrected chi connectivity index (χ1v) is 9.02. The molecule has 0 saturated heterocycles. The molecule has 0 amide bonds. The molecule has 4 rings (SSSR count). The molecule has 126 valence electrons. The largest absolute Gasteiger partial charge is 0.268 e. The molecule has 1 saturated carbocycles. The molecule has 0 radical (unpaired) electrons. The van der Waals surface area contributed by atoms with Crippen molar-refractivity contribution in [3.8, 4) is 11.3 Å². The second kappa shape index (κ2) is 7.06. The summed E-state index contributed by atoms with van der Waals surface area (Å²) in [6, 6.07) is 22.1. The number of rotatable bonds is 4. The maximum atomic E-state index is 12.1. The van der Waals surface area contributed by atoms with Crippen molar-refractivity contribution in [3.05, 3.63) is 88.2 Å². The minimum Gasteiger partial charge on any atom is -0.268 e. The van der Waals surface area contributed by atoms with E-state index in [-0.39, 0.29) is 5.56 Å². The molecule has 1 fully saturated rings. The summed E-state index contributed by atoms with van der Waals surface area (Å²) in [5.74, 6) is 0.717. The van der Waals surface area contributed by atoms with Crippen LogP contribution in [0.1, 0.15) is 42.7 Å². The van der Waals surface area contributed by atoms with Gasteiger partial charge in [0, 0.05) is 11.6 Å². The van der Waals surface area contributed by atoms with Crippen LogP contribution in [0.5, 0.6) is 0 Å². The first-order chi connectivity index (χ1) is 12.3. The van der Waals surface area contributed by atoms with Crippen LogP contribution in [-0.4, -0.2) is 9.78 Å². The van der Waals surface area contributed by atoms with Gasteiger partial charge in [-0.1, -0.05) is 67.4 Å². The van der Waals surface area contributed by atoms with E-state index in [9.17, 15) is 4.79 Å². The summed E-state index contributed by atoms with van der Waals surface area (Å²) in [6.07, 6.45) is 5.30. The Morgan fingerprint density at radius 2 is 1.60 bits per heavy atom. The van der Waals surface area contributed by atoms with Crippen LogP contribution in [0.15, 0.2) is 71.5 Å². The number of benzene rings is 2. The van der Waals surface area contributed by atoms with Crippen molar-refractivity contribution in [1.82, 2.24) is 9.78 Å². The minimum atomic E-state index is -0.0739. The van der Waals surface area contributed by atoms with Crippen LogP contribution >= 0.6 is 0 Å². The minimum absolute atomic E-state index is 0.0739. The van der Waals surface area contributed by atoms with Crippen LogP contribution in [0.25, 0.3) is 11.3 Å². The van der Waals surface area contributed by atoms with Gasteiger partial charge >= 0.3 is 0 Å². The van der Waals surface area contributed by atoms with E-state index in [2.05, 4.69) is 29.4 Å². The summed E-state index contributed by atoms with van der Waals surface area (Å²) in [5.41, 5.74) is 4.33. The van der Waals surface area contributed by atoms with Crippen LogP contribution < -0.4 is 5.56 Å². The monoisotopic (exact) mass is 330 g/mol. The SMILES string of the molecule is O=c1ccc(-c2ccc(C3CCCC3)cc2)nn1Cc1ccccc1. The number of hydrogen-bond donors (Lipinski definition) is 0. The fourth-order valence-electron chi connectivity index (χ4n) is 3.66. The predicted molar refractivity (Wildman–Crippen MR) is 101 cm³/mol. The van der Waals surface area contributed by atoms with Crippen molar-refractivity contribution in [3.63, 3.8) is 0 Å². The quantitative estimate of drug-likeness (QED) is 0.700. The van der Waals surface area contributed by atoms with Crippen LogP contribution in [0.4, 0.5) is 0 Å². The Bertz CT molecular complexity index is 891. The van der Waals surface area contributed by atoms with E-state index >= 15 is 0 Å². The van der Waals surface area contributed by atoms with Crippen LogP contribution in [-0.2, 0) is 6.54 Å². The zero-order chi connectivity index (χ0) is 17.1. The van der Waals surface area contributed by atoms with Gasteiger partial charge in [-0.15, -0.1) is 0 Å². The molecule has 1 aromatic heterocycles. The third kappa shape index (κ3) is 3.55. The molecule has 0 aliphatic heterocycles. The smallest absolute Gasteiger partial charge is 0.267 e. The van der Waals surface area contributed by atoms with Gasteiger partial charge in [-0.25, -0.2) is 4.68 Å². The highest BCUT2D eigenvalue weighted by atomic mass is 16.1. The Morgan fingerprint density at radius 1 is 0.880 bits per heavy atom. The van der Waals surface area contributed by atoms with Gasteiger partial charge in [-0.3, -0.25) is 4.79 Å². The summed E-state index contributed by atoms with van der Waals surface area (Å²) in [4.78, 5) is 12.1. The highest BCUT2D eigenvalue weighted by molar-refractivity contribution is 5.58. The predicted octanol–water partition coefficient (Wildman–Crippen LogP) is 4.62. The number of aromatic nitrogens is 2. The Balaban J connectivity index is 1.60. The van der Waals surface area contributed by atoms with E-state index in [0.29, 0.717) is 12.5 Å². The van der Waals surface area contributed by atoms with Crippen molar-refractivity contribution < 1.29 is 0 Å². The Morgan fingerprint density at radius 3 is 2.32 bits per heavy atom. The second-order valence-corrected chi connectivity index (χ2v) is 6.80. The Labute approximate surface area is 148 Å². The maximum absolute atomic E-state index is 12.1. The van der Waals surface area contributed by atoms with Crippen molar-refractivity contribution in [1.29, 1.82) is 0 Å². The van der Waals surface area contributed by atoms with Gasteiger partial charge in [-0.05, 0) is 36.0 Å². The molecule has 3 aromatic rings. The van der Waals surface area contributed by atoms with Crippen molar-refractivity contribution in [2.24, 2.45) is 0 Å². The van der Waals surface area contributed by atoms with Crippen LogP contribution in [0.2, 0.25) is 0 Å². The van der Waals surface area contributed by atoms with E-state index in [1.165, 1.54) is 35.9 Å². The molecular formula is C22H22N2O. The fraction of sp³-hybridized carbons (Fsp3) is 0.273. The molecule has 1 heterocycles. The van der Waals surface area contributed by atoms with E-state index in [4.69, 9.17) is 0 Å². The Kier molecular flexibility index (Phi) is 4.47. The zero-order valence-electron chi connectivity index (χ0n) is 14.3. The van der Waals surface area contributed by atoms with Gasteiger partial charge in [-0.2, -0.15) is 5.10 Å². The lowest BCUT2D eigenvalue weighted by molar-refractivity contribution is 0.642. The number of nitrogens with zero attached hydrogens (tertiary/aromatic N) is 2. The van der Waals surface area contributed by atoms with Crippen molar-refractivity contribution in [2.45, 2.75) is 38.1 Å². The van der Waals surface area contributed by atoms with Crippen molar-refractivity contribution in [2.75, 3.05) is 0 Å². The van der Waals surface area contributed by atoms with Gasteiger partial charge < -0.3 is 0 Å². The molecule has 1 aliphatic rings. The molecule has 3 nitrogen and oxygen atoms in total. The first-order valence-electron chi connectivity index (χ1n) is 9.02. The van der Waals surface area contributed by atoms with Gasteiger partial charge in [0.15, 0.2) is 0 Å². The summed E-state index contributed by atoms with van der Waals surface area (Å²) in [7, 11) is 0. The third-order valence-electron chi connectivity index (χ3n) is 5.07. The highest BCUT2D eigenvalue weighted by Crippen LogP contribution is 2.34. The number of hydrogen-bond acceptors (Lipinski definition) is 2. The Hall–Kier alpha value is -2.68. The molecular weight excluding hydrogens is 308 g/mol. The lowest BCUT2D eigenvalue weighted by atomic mass is 9.96. The van der Waals surface area contributed by atoms with E-state index in [1.807, 2.05) is 36.4 Å². The molecule has 3 heteroatoms. The van der Waals surface area contributed by atoms with E-state index < -0.39 is 0 Å². The lowest BCUT2D eigenvalue weighted by Gasteiger charge is -2.11. The summed E-state index contributed by atoms with van der Waals surface area (Å²) in [5, 5.41) is 4.57. The highest BCUT2D eigenvalue weighted by Gasteiger charge is 2.16. The molecule has 25 heavy (non-hydrogen) atoms. The summed E-state index contributed by atoms with van der Waals surface area (Å²) < 4.78 is 1.54. The fourth-order valence-corrected chi connectivity index (χ4v) is 3.66. The van der Waals surface area contributed by atoms with Crippen LogP contribution in [0.3, 0.4) is 0 Å². The average molecular weight is 330 g/mol. The first kappa shape index (κ1) is 15.8. The average Bonchev–Trinajstić information content (AvgIpc) is 3.19. The van der Waals surface area contributed by atoms with E-state index in [0.717, 1.165) is 16.8 Å². The maximum Gasteiger partial charge on any atom is 0.267 e. The molecule has 0 unspecified atom stereocenters. The van der Waals surface area contributed by atoms with Gasteiger partial charge in [0.25, 0.3) is 5.56 Å². The summed E-state index contributed by atoms with van der Waals surface area (Å²) in [6.45, 7) is 0.494. The second-order valence-electron chi connectivity index (χ2n) is 6.80. The zero-order valence-corrected chi connectivity index (χ0v) is 14.3. The lowest BCUT2D eigenvalue weighted by Crippen LogP contribution is -2.22. The van der Waals surface area contributed by atoms with Crippen LogP contribution in [0, 0.1) is 0 Å². The molecule has 0 atom stereocenters. The topological polar surface area (TPSA) is 34.9 Å². The summed E-state index contributed by atoms with van der Waals surface area (Å²) >= 11 is 0. The normalized spacial score (nSPS) is 14.7. The van der Waals surface area contributed by atoms with Gasteiger partial charge in [0.1, 0.15) is 0 Å². The van der Waals surface area contributed by atoms with Gasteiger partial charge in [0.2, 0.25) is 0 Å². The molecule has 2 aromatic carbocycles. The van der Waals surface area contributed by atoms with Gasteiger partial charge in [0.05, 0.1) is 12.2 Å². The molecule has 1 aliphatic carbocycles. The van der Waals surface area contributed by atoms with E-state index in [1.54, 1.807) is 6.07 Å².